The van der Waals surface area contributed by atoms with Crippen molar-refractivity contribution >= 4 is 21.6 Å². The smallest absolute Gasteiger partial charge is 0.0467 e. The predicted molar refractivity (Wildman–Crippen MR) is 79.3 cm³/mol. The van der Waals surface area contributed by atoms with Crippen LogP contribution in [0.4, 0.5) is 5.69 Å². The molecule has 2 nitrogen and oxygen atoms in total. The Bertz CT molecular complexity index is 352. The topological polar surface area (TPSA) is 38.0 Å². The lowest BCUT2D eigenvalue weighted by Gasteiger charge is -2.31. The standard InChI is InChI=1S/C14H23BrN2/c1-11(2)7-8-14(3,10-16)17-13-6-4-5-12(15)9-13/h4-6,9,11,17H,7-8,10,16H2,1-3H3. The molecular weight excluding hydrogens is 276 g/mol. The molecule has 0 aliphatic heterocycles. The fourth-order valence-electron chi connectivity index (χ4n) is 1.74. The predicted octanol–water partition coefficient (Wildman–Crippen LogP) is 4.01. The van der Waals surface area contributed by atoms with Gasteiger partial charge in [0.15, 0.2) is 0 Å². The van der Waals surface area contributed by atoms with Crippen molar-refractivity contribution in [3.05, 3.63) is 28.7 Å². The van der Waals surface area contributed by atoms with Gasteiger partial charge in [-0.1, -0.05) is 35.8 Å². The van der Waals surface area contributed by atoms with Crippen LogP contribution in [0.5, 0.6) is 0 Å². The van der Waals surface area contributed by atoms with Gasteiger partial charge in [-0.15, -0.1) is 0 Å². The maximum atomic E-state index is 5.90. The first-order valence-electron chi connectivity index (χ1n) is 6.19. The van der Waals surface area contributed by atoms with E-state index in [0.717, 1.165) is 16.6 Å². The average Bonchev–Trinajstić information content (AvgIpc) is 2.26. The van der Waals surface area contributed by atoms with Gasteiger partial charge in [0.2, 0.25) is 0 Å². The summed E-state index contributed by atoms with van der Waals surface area (Å²) in [4.78, 5) is 0. The van der Waals surface area contributed by atoms with Crippen LogP contribution in [0.3, 0.4) is 0 Å². The van der Waals surface area contributed by atoms with Crippen LogP contribution in [0.25, 0.3) is 0 Å². The van der Waals surface area contributed by atoms with Gasteiger partial charge in [0.1, 0.15) is 0 Å². The molecule has 0 saturated carbocycles. The second kappa shape index (κ2) is 6.41. The molecule has 1 atom stereocenters. The van der Waals surface area contributed by atoms with Crippen molar-refractivity contribution in [1.29, 1.82) is 0 Å². The monoisotopic (exact) mass is 298 g/mol. The van der Waals surface area contributed by atoms with E-state index in [2.05, 4.69) is 54.2 Å². The van der Waals surface area contributed by atoms with Crippen LogP contribution in [0.2, 0.25) is 0 Å². The van der Waals surface area contributed by atoms with E-state index in [-0.39, 0.29) is 5.54 Å². The van der Waals surface area contributed by atoms with E-state index in [9.17, 15) is 0 Å². The van der Waals surface area contributed by atoms with Crippen molar-refractivity contribution < 1.29 is 0 Å². The molecule has 96 valence electrons. The molecule has 1 aromatic rings. The number of hydrogen-bond donors (Lipinski definition) is 2. The third kappa shape index (κ3) is 5.09. The van der Waals surface area contributed by atoms with Gasteiger partial charge in [0.25, 0.3) is 0 Å². The van der Waals surface area contributed by atoms with Gasteiger partial charge in [-0.25, -0.2) is 0 Å². The number of benzene rings is 1. The minimum Gasteiger partial charge on any atom is -0.379 e. The molecule has 0 heterocycles. The van der Waals surface area contributed by atoms with Crippen molar-refractivity contribution in [2.45, 2.75) is 39.2 Å². The summed E-state index contributed by atoms with van der Waals surface area (Å²) in [5.74, 6) is 0.713. The molecule has 1 aromatic carbocycles. The van der Waals surface area contributed by atoms with E-state index < -0.39 is 0 Å². The molecular formula is C14H23BrN2. The fourth-order valence-corrected chi connectivity index (χ4v) is 2.14. The number of halogens is 1. The Hall–Kier alpha value is -0.540. The summed E-state index contributed by atoms with van der Waals surface area (Å²) in [7, 11) is 0. The highest BCUT2D eigenvalue weighted by atomic mass is 79.9. The zero-order valence-corrected chi connectivity index (χ0v) is 12.5. The summed E-state index contributed by atoms with van der Waals surface area (Å²) >= 11 is 3.48. The van der Waals surface area contributed by atoms with Crippen molar-refractivity contribution in [2.24, 2.45) is 11.7 Å². The number of nitrogens with one attached hydrogen (secondary N) is 1. The molecule has 17 heavy (non-hydrogen) atoms. The molecule has 0 spiro atoms. The van der Waals surface area contributed by atoms with Crippen LogP contribution >= 0.6 is 15.9 Å². The SMILES string of the molecule is CC(C)CCC(C)(CN)Nc1cccc(Br)c1. The maximum absolute atomic E-state index is 5.90. The Morgan fingerprint density at radius 2 is 2.12 bits per heavy atom. The van der Waals surface area contributed by atoms with E-state index in [1.165, 1.54) is 6.42 Å². The second-order valence-corrected chi connectivity index (χ2v) is 6.25. The zero-order valence-electron chi connectivity index (χ0n) is 11.0. The first kappa shape index (κ1) is 14.5. The third-order valence-electron chi connectivity index (χ3n) is 2.99. The van der Waals surface area contributed by atoms with Crippen molar-refractivity contribution in [3.8, 4) is 0 Å². The molecule has 3 N–H and O–H groups in total. The molecule has 1 rings (SSSR count). The van der Waals surface area contributed by atoms with E-state index in [4.69, 9.17) is 5.73 Å². The molecule has 0 aliphatic carbocycles. The molecule has 0 fully saturated rings. The third-order valence-corrected chi connectivity index (χ3v) is 3.49. The number of hydrogen-bond acceptors (Lipinski definition) is 2. The van der Waals surface area contributed by atoms with Crippen molar-refractivity contribution in [3.63, 3.8) is 0 Å². The first-order chi connectivity index (χ1) is 7.95. The molecule has 0 aliphatic rings. The first-order valence-corrected chi connectivity index (χ1v) is 6.98. The highest BCUT2D eigenvalue weighted by Crippen LogP contribution is 2.23. The van der Waals surface area contributed by atoms with Crippen LogP contribution in [0, 0.1) is 5.92 Å². The molecule has 0 radical (unpaired) electrons. The van der Waals surface area contributed by atoms with Crippen LogP contribution in [0.1, 0.15) is 33.6 Å². The Kier molecular flexibility index (Phi) is 5.47. The van der Waals surface area contributed by atoms with Crippen molar-refractivity contribution in [1.82, 2.24) is 0 Å². The maximum Gasteiger partial charge on any atom is 0.0467 e. The number of rotatable bonds is 6. The van der Waals surface area contributed by atoms with Crippen LogP contribution in [-0.4, -0.2) is 12.1 Å². The van der Waals surface area contributed by atoms with E-state index in [1.54, 1.807) is 0 Å². The van der Waals surface area contributed by atoms with Gasteiger partial charge in [-0.05, 0) is 43.9 Å². The lowest BCUT2D eigenvalue weighted by Crippen LogP contribution is -2.42. The van der Waals surface area contributed by atoms with Crippen LogP contribution in [0.15, 0.2) is 28.7 Å². The number of nitrogens with two attached hydrogens (primary N) is 1. The fraction of sp³-hybridized carbons (Fsp3) is 0.571. The van der Waals surface area contributed by atoms with E-state index in [1.807, 2.05) is 12.1 Å². The van der Waals surface area contributed by atoms with Crippen LogP contribution < -0.4 is 11.1 Å². The number of anilines is 1. The minimum absolute atomic E-state index is 0.0228. The lowest BCUT2D eigenvalue weighted by molar-refractivity contribution is 0.420. The quantitative estimate of drug-likeness (QED) is 0.832. The summed E-state index contributed by atoms with van der Waals surface area (Å²) < 4.78 is 1.09. The van der Waals surface area contributed by atoms with Gasteiger partial charge < -0.3 is 11.1 Å². The average molecular weight is 299 g/mol. The lowest BCUT2D eigenvalue weighted by atomic mass is 9.91. The van der Waals surface area contributed by atoms with E-state index >= 15 is 0 Å². The normalized spacial score (nSPS) is 14.7. The van der Waals surface area contributed by atoms with Crippen molar-refractivity contribution in [2.75, 3.05) is 11.9 Å². The summed E-state index contributed by atoms with van der Waals surface area (Å²) in [6.07, 6.45) is 2.28. The molecule has 0 bridgehead atoms. The highest BCUT2D eigenvalue weighted by Gasteiger charge is 2.22. The zero-order chi connectivity index (χ0) is 12.9. The second-order valence-electron chi connectivity index (χ2n) is 5.33. The summed E-state index contributed by atoms with van der Waals surface area (Å²) in [6.45, 7) is 7.33. The Morgan fingerprint density at radius 1 is 1.41 bits per heavy atom. The molecule has 1 unspecified atom stereocenters. The summed E-state index contributed by atoms with van der Waals surface area (Å²) in [5.41, 5.74) is 7.00. The molecule has 0 amide bonds. The summed E-state index contributed by atoms with van der Waals surface area (Å²) in [5, 5.41) is 3.55. The Balaban J connectivity index is 2.67. The molecule has 0 aromatic heterocycles. The van der Waals surface area contributed by atoms with E-state index in [0.29, 0.717) is 12.5 Å². The highest BCUT2D eigenvalue weighted by molar-refractivity contribution is 9.10. The van der Waals surface area contributed by atoms with Gasteiger partial charge in [-0.3, -0.25) is 0 Å². The summed E-state index contributed by atoms with van der Waals surface area (Å²) in [6, 6.07) is 8.22. The largest absolute Gasteiger partial charge is 0.379 e. The van der Waals surface area contributed by atoms with Gasteiger partial charge in [0, 0.05) is 22.2 Å². The molecule has 3 heteroatoms. The van der Waals surface area contributed by atoms with Gasteiger partial charge in [-0.2, -0.15) is 0 Å². The molecule has 0 saturated heterocycles. The van der Waals surface area contributed by atoms with Gasteiger partial charge in [0.05, 0.1) is 0 Å². The Labute approximate surface area is 113 Å². The van der Waals surface area contributed by atoms with Crippen LogP contribution in [-0.2, 0) is 0 Å². The minimum atomic E-state index is -0.0228. The van der Waals surface area contributed by atoms with Gasteiger partial charge >= 0.3 is 0 Å². The Morgan fingerprint density at radius 3 is 2.65 bits per heavy atom.